The fourth-order valence-electron chi connectivity index (χ4n) is 1.05. The van der Waals surface area contributed by atoms with Crippen molar-refractivity contribution in [3.8, 4) is 0 Å². The molecular formula is C8H15N3O2S. The number of H-pyrrole nitrogens is 1. The van der Waals surface area contributed by atoms with Crippen molar-refractivity contribution in [1.29, 1.82) is 0 Å². The minimum Gasteiger partial charge on any atom is -0.335 e. The smallest absolute Gasteiger partial charge is 0.257 e. The minimum atomic E-state index is -3.37. The Balaban J connectivity index is 2.44. The molecule has 14 heavy (non-hydrogen) atoms. The summed E-state index contributed by atoms with van der Waals surface area (Å²) in [7, 11) is -3.37. The molecule has 80 valence electrons. The van der Waals surface area contributed by atoms with Crippen LogP contribution in [0.1, 0.15) is 26.2 Å². The molecule has 0 spiro atoms. The highest BCUT2D eigenvalue weighted by molar-refractivity contribution is 7.89. The van der Waals surface area contributed by atoms with E-state index in [1.54, 1.807) is 0 Å². The minimum absolute atomic E-state index is 0.119. The van der Waals surface area contributed by atoms with Crippen molar-refractivity contribution in [2.75, 3.05) is 6.54 Å². The molecule has 1 rings (SSSR count). The molecule has 0 aliphatic heterocycles. The number of rotatable bonds is 6. The Hall–Kier alpha value is -0.880. The van der Waals surface area contributed by atoms with Crippen molar-refractivity contribution in [2.24, 2.45) is 0 Å². The third-order valence-electron chi connectivity index (χ3n) is 1.84. The zero-order chi connectivity index (χ0) is 10.4. The molecule has 0 saturated heterocycles. The number of nitrogens with zero attached hydrogens (tertiary/aromatic N) is 1. The topological polar surface area (TPSA) is 74.8 Å². The number of hydrogen-bond acceptors (Lipinski definition) is 3. The zero-order valence-corrected chi connectivity index (χ0v) is 8.97. The second-order valence-corrected chi connectivity index (χ2v) is 4.76. The quantitative estimate of drug-likeness (QED) is 0.694. The third kappa shape index (κ3) is 3.12. The zero-order valence-electron chi connectivity index (χ0n) is 8.16. The van der Waals surface area contributed by atoms with Crippen molar-refractivity contribution in [1.82, 2.24) is 14.7 Å². The van der Waals surface area contributed by atoms with E-state index >= 15 is 0 Å². The third-order valence-corrected chi connectivity index (χ3v) is 3.22. The molecule has 1 heterocycles. The van der Waals surface area contributed by atoms with E-state index in [4.69, 9.17) is 0 Å². The van der Waals surface area contributed by atoms with Crippen LogP contribution in [0.25, 0.3) is 0 Å². The van der Waals surface area contributed by atoms with Crippen LogP contribution in [-0.4, -0.2) is 24.9 Å². The maximum Gasteiger partial charge on any atom is 0.257 e. The number of imidazole rings is 1. The van der Waals surface area contributed by atoms with Crippen molar-refractivity contribution < 1.29 is 8.42 Å². The van der Waals surface area contributed by atoms with Gasteiger partial charge in [0.25, 0.3) is 10.0 Å². The van der Waals surface area contributed by atoms with Crippen molar-refractivity contribution in [3.05, 3.63) is 12.5 Å². The van der Waals surface area contributed by atoms with Gasteiger partial charge in [0.1, 0.15) is 0 Å². The largest absolute Gasteiger partial charge is 0.335 e. The molecule has 0 atom stereocenters. The summed E-state index contributed by atoms with van der Waals surface area (Å²) in [6.45, 7) is 2.55. The fourth-order valence-corrected chi connectivity index (χ4v) is 2.03. The van der Waals surface area contributed by atoms with Gasteiger partial charge in [-0.2, -0.15) is 0 Å². The first-order chi connectivity index (χ1) is 6.67. The number of sulfonamides is 1. The van der Waals surface area contributed by atoms with Gasteiger partial charge in [0.15, 0.2) is 5.03 Å². The SMILES string of the molecule is CCCCCNS(=O)(=O)c1cnc[nH]1. The van der Waals surface area contributed by atoms with Gasteiger partial charge in [-0.05, 0) is 6.42 Å². The normalized spacial score (nSPS) is 11.8. The monoisotopic (exact) mass is 217 g/mol. The molecule has 0 amide bonds. The summed E-state index contributed by atoms with van der Waals surface area (Å²) in [6.07, 6.45) is 5.61. The molecule has 0 fully saturated rings. The van der Waals surface area contributed by atoms with Crippen LogP contribution < -0.4 is 4.72 Å². The van der Waals surface area contributed by atoms with E-state index in [0.29, 0.717) is 6.54 Å². The average molecular weight is 217 g/mol. The highest BCUT2D eigenvalue weighted by Crippen LogP contribution is 2.02. The van der Waals surface area contributed by atoms with Gasteiger partial charge in [0.2, 0.25) is 0 Å². The van der Waals surface area contributed by atoms with Crippen LogP contribution in [0.4, 0.5) is 0 Å². The van der Waals surface area contributed by atoms with E-state index in [9.17, 15) is 8.42 Å². The molecule has 0 aliphatic carbocycles. The molecule has 5 nitrogen and oxygen atoms in total. The Morgan fingerprint density at radius 1 is 1.50 bits per heavy atom. The van der Waals surface area contributed by atoms with Crippen LogP contribution in [0.15, 0.2) is 17.6 Å². The van der Waals surface area contributed by atoms with Gasteiger partial charge in [-0.25, -0.2) is 18.1 Å². The first-order valence-electron chi connectivity index (χ1n) is 4.65. The van der Waals surface area contributed by atoms with Gasteiger partial charge in [-0.1, -0.05) is 19.8 Å². The van der Waals surface area contributed by atoms with E-state index < -0.39 is 10.0 Å². The van der Waals surface area contributed by atoms with Gasteiger partial charge in [0.05, 0.1) is 12.5 Å². The van der Waals surface area contributed by atoms with Crippen LogP contribution in [-0.2, 0) is 10.0 Å². The fraction of sp³-hybridized carbons (Fsp3) is 0.625. The van der Waals surface area contributed by atoms with Crippen molar-refractivity contribution in [3.63, 3.8) is 0 Å². The van der Waals surface area contributed by atoms with Gasteiger partial charge < -0.3 is 4.98 Å². The summed E-state index contributed by atoms with van der Waals surface area (Å²) in [4.78, 5) is 6.21. The second kappa shape index (κ2) is 5.11. The van der Waals surface area contributed by atoms with Crippen LogP contribution in [0, 0.1) is 0 Å². The molecule has 0 bridgehead atoms. The van der Waals surface area contributed by atoms with Crippen molar-refractivity contribution >= 4 is 10.0 Å². The van der Waals surface area contributed by atoms with Crippen LogP contribution in [0.3, 0.4) is 0 Å². The van der Waals surface area contributed by atoms with Gasteiger partial charge >= 0.3 is 0 Å². The maximum atomic E-state index is 11.5. The second-order valence-electron chi connectivity index (χ2n) is 3.02. The lowest BCUT2D eigenvalue weighted by Gasteiger charge is -2.03. The van der Waals surface area contributed by atoms with E-state index in [-0.39, 0.29) is 5.03 Å². The molecule has 1 aromatic rings. The predicted molar refractivity (Wildman–Crippen MR) is 53.3 cm³/mol. The molecule has 1 aromatic heterocycles. The molecular weight excluding hydrogens is 202 g/mol. The molecule has 0 unspecified atom stereocenters. The Bertz CT molecular complexity index is 345. The number of hydrogen-bond donors (Lipinski definition) is 2. The summed E-state index contributed by atoms with van der Waals surface area (Å²) in [5.74, 6) is 0. The van der Waals surface area contributed by atoms with E-state index in [0.717, 1.165) is 19.3 Å². The van der Waals surface area contributed by atoms with Crippen LogP contribution in [0.5, 0.6) is 0 Å². The summed E-state index contributed by atoms with van der Waals surface area (Å²) in [6, 6.07) is 0. The summed E-state index contributed by atoms with van der Waals surface area (Å²) >= 11 is 0. The highest BCUT2D eigenvalue weighted by atomic mass is 32.2. The summed E-state index contributed by atoms with van der Waals surface area (Å²) in [5.41, 5.74) is 0. The van der Waals surface area contributed by atoms with Gasteiger partial charge in [0, 0.05) is 6.54 Å². The number of aromatic amines is 1. The standard InChI is InChI=1S/C8H15N3O2S/c1-2-3-4-5-11-14(12,13)8-6-9-7-10-8/h6-7,11H,2-5H2,1H3,(H,9,10). The van der Waals surface area contributed by atoms with Crippen molar-refractivity contribution in [2.45, 2.75) is 31.2 Å². The number of unbranched alkanes of at least 4 members (excludes halogenated alkanes) is 2. The highest BCUT2D eigenvalue weighted by Gasteiger charge is 2.13. The van der Waals surface area contributed by atoms with E-state index in [1.807, 2.05) is 0 Å². The molecule has 6 heteroatoms. The molecule has 0 saturated carbocycles. The lowest BCUT2D eigenvalue weighted by molar-refractivity contribution is 0.573. The summed E-state index contributed by atoms with van der Waals surface area (Å²) < 4.78 is 25.4. The Morgan fingerprint density at radius 2 is 2.29 bits per heavy atom. The number of nitrogens with one attached hydrogen (secondary N) is 2. The molecule has 0 aromatic carbocycles. The Morgan fingerprint density at radius 3 is 2.86 bits per heavy atom. The average Bonchev–Trinajstić information content (AvgIpc) is 2.65. The maximum absolute atomic E-state index is 11.5. The van der Waals surface area contributed by atoms with Crippen LogP contribution in [0.2, 0.25) is 0 Å². The van der Waals surface area contributed by atoms with Gasteiger partial charge in [-0.3, -0.25) is 0 Å². The Kier molecular flexibility index (Phi) is 4.09. The lowest BCUT2D eigenvalue weighted by Crippen LogP contribution is -2.25. The van der Waals surface area contributed by atoms with E-state index in [1.165, 1.54) is 12.5 Å². The first-order valence-corrected chi connectivity index (χ1v) is 6.13. The first kappa shape index (κ1) is 11.2. The van der Waals surface area contributed by atoms with Gasteiger partial charge in [-0.15, -0.1) is 0 Å². The lowest BCUT2D eigenvalue weighted by atomic mass is 10.3. The molecule has 0 radical (unpaired) electrons. The van der Waals surface area contributed by atoms with Crippen LogP contribution >= 0.6 is 0 Å². The Labute approximate surface area is 84.0 Å². The van der Waals surface area contributed by atoms with E-state index in [2.05, 4.69) is 21.6 Å². The number of aromatic nitrogens is 2. The molecule has 0 aliphatic rings. The predicted octanol–water partition coefficient (Wildman–Crippen LogP) is 0.878. The summed E-state index contributed by atoms with van der Waals surface area (Å²) in [5, 5.41) is 0.119. The molecule has 2 N–H and O–H groups in total.